The van der Waals surface area contributed by atoms with Gasteiger partial charge in [-0.25, -0.2) is 0 Å². The number of ketones is 1. The minimum atomic E-state index is -1.22. The van der Waals surface area contributed by atoms with E-state index < -0.39 is 42.0 Å². The van der Waals surface area contributed by atoms with Gasteiger partial charge in [-0.05, 0) is 34.9 Å². The van der Waals surface area contributed by atoms with E-state index in [2.05, 4.69) is 0 Å². The molecule has 10 nitrogen and oxygen atoms in total. The number of aliphatic hydroxyl groups excluding tert-OH is 2. The summed E-state index contributed by atoms with van der Waals surface area (Å²) in [6.45, 7) is 4.46. The molecule has 2 aliphatic rings. The second-order valence-corrected chi connectivity index (χ2v) is 13.7. The molecule has 3 aromatic rings. The number of ether oxygens (including phenoxy) is 4. The third-order valence-corrected chi connectivity index (χ3v) is 8.83. The highest BCUT2D eigenvalue weighted by molar-refractivity contribution is 6.23. The van der Waals surface area contributed by atoms with Crippen LogP contribution in [0, 0.1) is 5.41 Å². The first kappa shape index (κ1) is 37.1. The van der Waals surface area contributed by atoms with Gasteiger partial charge in [-0.2, -0.15) is 0 Å². The number of aliphatic carboxylic acids is 1. The Morgan fingerprint density at radius 1 is 0.840 bits per heavy atom. The number of hydrogen-bond donors (Lipinski definition) is 3. The van der Waals surface area contributed by atoms with E-state index in [9.17, 15) is 24.9 Å². The Morgan fingerprint density at radius 2 is 1.40 bits per heavy atom. The number of hydrogen-bond acceptors (Lipinski definition) is 9. The zero-order chi connectivity index (χ0) is 35.5. The van der Waals surface area contributed by atoms with Gasteiger partial charge in [0.2, 0.25) is 0 Å². The first-order valence-electron chi connectivity index (χ1n) is 17.1. The van der Waals surface area contributed by atoms with Crippen LogP contribution in [0.1, 0.15) is 62.6 Å². The lowest BCUT2D eigenvalue weighted by Crippen LogP contribution is -2.59. The molecule has 1 saturated heterocycles. The molecular weight excluding hydrogens is 638 g/mol. The number of carbonyl (C=O) groups excluding carboxylic acids is 1. The van der Waals surface area contributed by atoms with Crippen LogP contribution in [0.3, 0.4) is 0 Å². The second-order valence-electron chi connectivity index (χ2n) is 13.7. The van der Waals surface area contributed by atoms with E-state index in [4.69, 9.17) is 23.9 Å². The lowest BCUT2D eigenvalue weighted by molar-refractivity contribution is -0.279. The molecule has 0 radical (unpaired) electrons. The number of rotatable bonds is 16. The van der Waals surface area contributed by atoms with Crippen LogP contribution in [-0.2, 0) is 48.4 Å². The molecular formula is C40H47NO9. The van der Waals surface area contributed by atoms with Crippen LogP contribution in [0.25, 0.3) is 0 Å². The van der Waals surface area contributed by atoms with Crippen molar-refractivity contribution in [1.82, 2.24) is 0 Å². The number of carboxylic acids is 1. The second kappa shape index (κ2) is 17.6. The molecule has 1 aliphatic heterocycles. The molecule has 10 heteroatoms. The number of aliphatic imine (C=N–C) groups is 1. The van der Waals surface area contributed by atoms with Crippen molar-refractivity contribution in [3.63, 3.8) is 0 Å². The maximum Gasteiger partial charge on any atom is 0.303 e. The average Bonchev–Trinajstić information content (AvgIpc) is 3.08. The van der Waals surface area contributed by atoms with Crippen molar-refractivity contribution in [2.24, 2.45) is 10.4 Å². The molecule has 266 valence electrons. The lowest BCUT2D eigenvalue weighted by atomic mass is 9.75. The molecule has 3 N–H and O–H groups in total. The highest BCUT2D eigenvalue weighted by atomic mass is 16.7. The molecule has 1 fully saturated rings. The summed E-state index contributed by atoms with van der Waals surface area (Å²) in [7, 11) is 0. The van der Waals surface area contributed by atoms with E-state index in [0.29, 0.717) is 6.61 Å². The molecule has 0 bridgehead atoms. The summed E-state index contributed by atoms with van der Waals surface area (Å²) >= 11 is 0. The molecule has 3 aromatic carbocycles. The van der Waals surface area contributed by atoms with E-state index >= 15 is 0 Å². The highest BCUT2D eigenvalue weighted by Gasteiger charge is 2.48. The molecule has 0 spiro atoms. The van der Waals surface area contributed by atoms with Gasteiger partial charge in [0.25, 0.3) is 0 Å². The Labute approximate surface area is 293 Å². The predicted molar refractivity (Wildman–Crippen MR) is 187 cm³/mol. The van der Waals surface area contributed by atoms with Gasteiger partial charge in [-0.3, -0.25) is 14.6 Å². The molecule has 2 unspecified atom stereocenters. The third-order valence-electron chi connectivity index (χ3n) is 8.83. The topological polar surface area (TPSA) is 144 Å². The molecule has 0 saturated carbocycles. The number of nitrogens with zero attached hydrogens (tertiary/aromatic N) is 1. The Balaban J connectivity index is 1.52. The number of benzene rings is 3. The van der Waals surface area contributed by atoms with Crippen molar-refractivity contribution in [3.8, 4) is 0 Å². The van der Waals surface area contributed by atoms with Gasteiger partial charge in [-0.1, -0.05) is 105 Å². The maximum atomic E-state index is 13.6. The molecule has 5 rings (SSSR count). The zero-order valence-corrected chi connectivity index (χ0v) is 28.6. The summed E-state index contributed by atoms with van der Waals surface area (Å²) in [5.41, 5.74) is 2.60. The predicted octanol–water partition coefficient (Wildman–Crippen LogP) is 6.36. The Hall–Kier alpha value is -4.19. The smallest absolute Gasteiger partial charge is 0.303 e. The largest absolute Gasteiger partial charge is 0.511 e. The van der Waals surface area contributed by atoms with E-state index in [0.717, 1.165) is 16.7 Å². The Bertz CT molecular complexity index is 1610. The Kier molecular flexibility index (Phi) is 13.1. The van der Waals surface area contributed by atoms with Gasteiger partial charge in [-0.15, -0.1) is 0 Å². The van der Waals surface area contributed by atoms with Crippen molar-refractivity contribution < 1.29 is 43.9 Å². The van der Waals surface area contributed by atoms with Gasteiger partial charge in [0.05, 0.1) is 32.0 Å². The normalized spacial score (nSPS) is 23.9. The first-order valence-corrected chi connectivity index (χ1v) is 17.1. The number of carboxylic acid groups (broad SMARTS) is 1. The van der Waals surface area contributed by atoms with Crippen molar-refractivity contribution in [1.29, 1.82) is 0 Å². The number of Topliss-reactive ketones (excluding diaryl/α,β-unsaturated/α-hetero) is 1. The summed E-state index contributed by atoms with van der Waals surface area (Å²) in [6, 6.07) is 27.7. The highest BCUT2D eigenvalue weighted by Crippen LogP contribution is 2.38. The summed E-state index contributed by atoms with van der Waals surface area (Å²) in [4.78, 5) is 30.1. The van der Waals surface area contributed by atoms with E-state index in [-0.39, 0.29) is 74.8 Å². The number of carbonyl (C=O) groups is 2. The van der Waals surface area contributed by atoms with Crippen LogP contribution < -0.4 is 0 Å². The third kappa shape index (κ3) is 10.4. The zero-order valence-electron chi connectivity index (χ0n) is 28.6. The van der Waals surface area contributed by atoms with Gasteiger partial charge in [0.1, 0.15) is 30.1 Å². The summed E-state index contributed by atoms with van der Waals surface area (Å²) < 4.78 is 25.3. The summed E-state index contributed by atoms with van der Waals surface area (Å²) in [5.74, 6) is -1.35. The molecule has 0 amide bonds. The minimum Gasteiger partial charge on any atom is -0.511 e. The molecule has 5 atom stereocenters. The van der Waals surface area contributed by atoms with Crippen LogP contribution in [0.4, 0.5) is 0 Å². The van der Waals surface area contributed by atoms with Crippen LogP contribution >= 0.6 is 0 Å². The quantitative estimate of drug-likeness (QED) is 0.147. The van der Waals surface area contributed by atoms with Gasteiger partial charge in [0.15, 0.2) is 12.1 Å². The SMILES string of the molecule is CC1(C)CC(=O)C(C(CCCC(=O)O)=NC2[C@H](OCc3ccccc3)OC(COCc3ccccc3)[C@H](O)[C@@H]2OCc2ccccc2)=C(O)C1. The van der Waals surface area contributed by atoms with E-state index in [1.165, 1.54) is 0 Å². The standard InChI is InChI=1S/C40H47NO9/c1-40(2)21-31(42)35(32(43)22-40)30(19-12-20-34(44)45)41-36-38(48-24-28-15-8-4-9-16-28)37(46)33(26-47-23-27-13-6-3-7-14-27)50-39(36)49-25-29-17-10-5-11-18-29/h3-11,13-18,33,36-39,42,46H,12,19-26H2,1-2H3,(H,44,45)/t33?,36?,37-,38+,39+/m0/s1. The van der Waals surface area contributed by atoms with Crippen molar-refractivity contribution in [2.45, 2.75) is 96.4 Å². The van der Waals surface area contributed by atoms with E-state index in [1.54, 1.807) is 0 Å². The van der Waals surface area contributed by atoms with Crippen LogP contribution in [0.15, 0.2) is 107 Å². The molecule has 1 aliphatic carbocycles. The van der Waals surface area contributed by atoms with Gasteiger partial charge >= 0.3 is 5.97 Å². The molecule has 1 heterocycles. The summed E-state index contributed by atoms with van der Waals surface area (Å²) in [5, 5.41) is 32.5. The van der Waals surface area contributed by atoms with Gasteiger partial charge < -0.3 is 34.3 Å². The molecule has 50 heavy (non-hydrogen) atoms. The molecule has 0 aromatic heterocycles. The Morgan fingerprint density at radius 3 is 1.96 bits per heavy atom. The fourth-order valence-electron chi connectivity index (χ4n) is 6.35. The maximum absolute atomic E-state index is 13.6. The minimum absolute atomic E-state index is 0.0356. The monoisotopic (exact) mass is 685 g/mol. The van der Waals surface area contributed by atoms with Crippen molar-refractivity contribution in [2.75, 3.05) is 6.61 Å². The van der Waals surface area contributed by atoms with Crippen molar-refractivity contribution >= 4 is 17.5 Å². The van der Waals surface area contributed by atoms with Crippen molar-refractivity contribution in [3.05, 3.63) is 119 Å². The van der Waals surface area contributed by atoms with Crippen LogP contribution in [0.2, 0.25) is 0 Å². The van der Waals surface area contributed by atoms with Crippen LogP contribution in [0.5, 0.6) is 0 Å². The first-order chi connectivity index (χ1) is 24.1. The van der Waals surface area contributed by atoms with E-state index in [1.807, 2.05) is 105 Å². The van der Waals surface area contributed by atoms with Gasteiger partial charge in [0, 0.05) is 25.0 Å². The number of allylic oxidation sites excluding steroid dienone is 2. The number of aliphatic hydroxyl groups is 2. The lowest BCUT2D eigenvalue weighted by Gasteiger charge is -2.43. The van der Waals surface area contributed by atoms with Crippen LogP contribution in [-0.4, -0.2) is 70.0 Å². The fourth-order valence-corrected chi connectivity index (χ4v) is 6.35. The average molecular weight is 686 g/mol. The fraction of sp³-hybridized carbons (Fsp3) is 0.425. The summed E-state index contributed by atoms with van der Waals surface area (Å²) in [6.07, 6.45) is -3.53.